The monoisotopic (exact) mass is 333 g/mol. The van der Waals surface area contributed by atoms with Crippen molar-refractivity contribution in [1.29, 1.82) is 0 Å². The molecule has 2 aliphatic rings. The summed E-state index contributed by atoms with van der Waals surface area (Å²) < 4.78 is 0. The van der Waals surface area contributed by atoms with E-state index in [2.05, 4.69) is 60.4 Å². The molecule has 0 aromatic heterocycles. The molecule has 132 valence electrons. The van der Waals surface area contributed by atoms with Crippen LogP contribution < -0.4 is 0 Å². The maximum atomic E-state index is 2.75. The molecule has 0 bridgehead atoms. The molecule has 1 saturated heterocycles. The molecule has 1 aliphatic carbocycles. The van der Waals surface area contributed by atoms with Crippen LogP contribution in [-0.4, -0.2) is 24.5 Å². The van der Waals surface area contributed by atoms with Gasteiger partial charge < -0.3 is 4.90 Å². The van der Waals surface area contributed by atoms with Crippen molar-refractivity contribution in [3.05, 3.63) is 59.7 Å². The highest BCUT2D eigenvalue weighted by molar-refractivity contribution is 5.67. The Morgan fingerprint density at radius 3 is 2.48 bits per heavy atom. The number of nitrogens with zero attached hydrogens (tertiary/aromatic N) is 1. The molecule has 0 spiro atoms. The summed E-state index contributed by atoms with van der Waals surface area (Å²) in [5.74, 6) is 1.69. The first-order chi connectivity index (χ1) is 12.3. The zero-order valence-electron chi connectivity index (χ0n) is 15.6. The smallest absolute Gasteiger partial charge is 0.00504 e. The van der Waals surface area contributed by atoms with Crippen molar-refractivity contribution in [2.45, 2.75) is 51.4 Å². The molecule has 0 N–H and O–H groups in total. The lowest BCUT2D eigenvalue weighted by molar-refractivity contribution is 0.179. The maximum Gasteiger partial charge on any atom is 0.00504 e. The number of hydrogen-bond donors (Lipinski definition) is 0. The fourth-order valence-corrected chi connectivity index (χ4v) is 4.93. The standard InChI is InChI=1S/C24H31N/c1-19-16-22(13-14-24(19)21-10-3-2-4-11-21)23-12-7-15-25(18-23)17-20-8-5-6-9-20/h2-4,10-11,13-14,16,20,23H,5-9,12,15,17-18H2,1H3. The van der Waals surface area contributed by atoms with Crippen molar-refractivity contribution in [3.8, 4) is 11.1 Å². The first-order valence-corrected chi connectivity index (χ1v) is 10.2. The van der Waals surface area contributed by atoms with Crippen LogP contribution >= 0.6 is 0 Å². The number of likely N-dealkylation sites (tertiary alicyclic amines) is 1. The van der Waals surface area contributed by atoms with Gasteiger partial charge in [-0.15, -0.1) is 0 Å². The van der Waals surface area contributed by atoms with Gasteiger partial charge in [-0.05, 0) is 73.2 Å². The van der Waals surface area contributed by atoms with Crippen molar-refractivity contribution in [1.82, 2.24) is 4.90 Å². The van der Waals surface area contributed by atoms with Crippen molar-refractivity contribution >= 4 is 0 Å². The Morgan fingerprint density at radius 2 is 1.72 bits per heavy atom. The Morgan fingerprint density at radius 1 is 0.920 bits per heavy atom. The molecule has 1 unspecified atom stereocenters. The van der Waals surface area contributed by atoms with Gasteiger partial charge in [0.2, 0.25) is 0 Å². The van der Waals surface area contributed by atoms with Crippen molar-refractivity contribution in [3.63, 3.8) is 0 Å². The second kappa shape index (κ2) is 7.74. The van der Waals surface area contributed by atoms with Crippen molar-refractivity contribution < 1.29 is 0 Å². The normalized spacial score (nSPS) is 22.4. The van der Waals surface area contributed by atoms with Crippen LogP contribution in [0.1, 0.15) is 55.6 Å². The van der Waals surface area contributed by atoms with E-state index in [9.17, 15) is 0 Å². The molecule has 4 rings (SSSR count). The largest absolute Gasteiger partial charge is 0.302 e. The van der Waals surface area contributed by atoms with E-state index in [0.29, 0.717) is 0 Å². The van der Waals surface area contributed by atoms with E-state index in [0.717, 1.165) is 11.8 Å². The molecule has 1 heterocycles. The molecule has 1 heteroatoms. The van der Waals surface area contributed by atoms with Crippen LogP contribution in [0.15, 0.2) is 48.5 Å². The fourth-order valence-electron chi connectivity index (χ4n) is 4.93. The predicted octanol–water partition coefficient (Wildman–Crippen LogP) is 6.03. The van der Waals surface area contributed by atoms with Gasteiger partial charge in [0.25, 0.3) is 0 Å². The average Bonchev–Trinajstić information content (AvgIpc) is 3.15. The topological polar surface area (TPSA) is 3.24 Å². The van der Waals surface area contributed by atoms with Crippen LogP contribution in [0.25, 0.3) is 11.1 Å². The molecular formula is C24H31N. The van der Waals surface area contributed by atoms with Gasteiger partial charge >= 0.3 is 0 Å². The average molecular weight is 334 g/mol. The van der Waals surface area contributed by atoms with E-state index in [-0.39, 0.29) is 0 Å². The summed E-state index contributed by atoms with van der Waals surface area (Å²) in [6, 6.07) is 18.0. The Kier molecular flexibility index (Phi) is 5.22. The highest BCUT2D eigenvalue weighted by atomic mass is 15.1. The van der Waals surface area contributed by atoms with Crippen LogP contribution in [0.2, 0.25) is 0 Å². The number of piperidine rings is 1. The summed E-state index contributed by atoms with van der Waals surface area (Å²) in [4.78, 5) is 2.75. The molecule has 1 atom stereocenters. The summed E-state index contributed by atoms with van der Waals surface area (Å²) in [7, 11) is 0. The van der Waals surface area contributed by atoms with Gasteiger partial charge in [-0.2, -0.15) is 0 Å². The minimum absolute atomic E-state index is 0.721. The first kappa shape index (κ1) is 16.8. The van der Waals surface area contributed by atoms with Crippen molar-refractivity contribution in [2.75, 3.05) is 19.6 Å². The van der Waals surface area contributed by atoms with Crippen LogP contribution in [-0.2, 0) is 0 Å². The van der Waals surface area contributed by atoms with Gasteiger partial charge in [0, 0.05) is 13.1 Å². The van der Waals surface area contributed by atoms with Gasteiger partial charge in [0.05, 0.1) is 0 Å². The summed E-state index contributed by atoms with van der Waals surface area (Å²) in [5.41, 5.74) is 5.67. The third-order valence-electron chi connectivity index (χ3n) is 6.30. The van der Waals surface area contributed by atoms with Gasteiger partial charge in [-0.1, -0.05) is 61.4 Å². The Hall–Kier alpha value is -1.60. The van der Waals surface area contributed by atoms with E-state index >= 15 is 0 Å². The van der Waals surface area contributed by atoms with E-state index < -0.39 is 0 Å². The summed E-state index contributed by atoms with van der Waals surface area (Å²) >= 11 is 0. The summed E-state index contributed by atoms with van der Waals surface area (Å²) in [6.45, 7) is 6.19. The minimum Gasteiger partial charge on any atom is -0.302 e. The minimum atomic E-state index is 0.721. The van der Waals surface area contributed by atoms with E-state index in [1.807, 2.05) is 0 Å². The van der Waals surface area contributed by atoms with E-state index in [1.165, 1.54) is 74.8 Å². The highest BCUT2D eigenvalue weighted by Gasteiger charge is 2.25. The number of hydrogen-bond acceptors (Lipinski definition) is 1. The molecule has 1 saturated carbocycles. The molecule has 25 heavy (non-hydrogen) atoms. The van der Waals surface area contributed by atoms with Gasteiger partial charge in [0.15, 0.2) is 0 Å². The predicted molar refractivity (Wildman–Crippen MR) is 107 cm³/mol. The molecule has 2 aromatic rings. The summed E-state index contributed by atoms with van der Waals surface area (Å²) in [5, 5.41) is 0. The molecular weight excluding hydrogens is 302 g/mol. The van der Waals surface area contributed by atoms with E-state index in [1.54, 1.807) is 5.56 Å². The van der Waals surface area contributed by atoms with Gasteiger partial charge in [0.1, 0.15) is 0 Å². The number of benzene rings is 2. The van der Waals surface area contributed by atoms with Gasteiger partial charge in [-0.3, -0.25) is 0 Å². The van der Waals surface area contributed by atoms with Crippen LogP contribution in [0.3, 0.4) is 0 Å². The molecule has 2 aromatic carbocycles. The van der Waals surface area contributed by atoms with Crippen molar-refractivity contribution in [2.24, 2.45) is 5.92 Å². The third-order valence-corrected chi connectivity index (χ3v) is 6.30. The van der Waals surface area contributed by atoms with Gasteiger partial charge in [-0.25, -0.2) is 0 Å². The lowest BCUT2D eigenvalue weighted by Gasteiger charge is -2.34. The zero-order valence-corrected chi connectivity index (χ0v) is 15.6. The second-order valence-corrected chi connectivity index (χ2v) is 8.19. The molecule has 0 amide bonds. The quantitative estimate of drug-likeness (QED) is 0.660. The Labute approximate surface area is 153 Å². The second-order valence-electron chi connectivity index (χ2n) is 8.19. The SMILES string of the molecule is Cc1cc(C2CCCN(CC3CCCC3)C2)ccc1-c1ccccc1. The summed E-state index contributed by atoms with van der Waals surface area (Å²) in [6.07, 6.45) is 8.56. The van der Waals surface area contributed by atoms with E-state index in [4.69, 9.17) is 0 Å². The Balaban J connectivity index is 1.46. The first-order valence-electron chi connectivity index (χ1n) is 10.2. The molecule has 1 aliphatic heterocycles. The van der Waals surface area contributed by atoms with Crippen LogP contribution in [0.4, 0.5) is 0 Å². The molecule has 2 fully saturated rings. The highest BCUT2D eigenvalue weighted by Crippen LogP contribution is 2.33. The third kappa shape index (κ3) is 3.98. The van der Waals surface area contributed by atoms with Crippen LogP contribution in [0.5, 0.6) is 0 Å². The number of aryl methyl sites for hydroxylation is 1. The molecule has 1 nitrogen and oxygen atoms in total. The Bertz CT molecular complexity index is 684. The zero-order chi connectivity index (χ0) is 17.1. The maximum absolute atomic E-state index is 2.75. The molecule has 0 radical (unpaired) electrons. The lowest BCUT2D eigenvalue weighted by Crippen LogP contribution is -2.37. The number of rotatable bonds is 4. The van der Waals surface area contributed by atoms with Crippen LogP contribution in [0, 0.1) is 12.8 Å². The lowest BCUT2D eigenvalue weighted by atomic mass is 9.87. The fraction of sp³-hybridized carbons (Fsp3) is 0.500.